The van der Waals surface area contributed by atoms with Crippen molar-refractivity contribution in [2.24, 2.45) is 17.0 Å². The summed E-state index contributed by atoms with van der Waals surface area (Å²) in [5.74, 6) is 0.471. The minimum Gasteiger partial charge on any atom is -0.463 e. The van der Waals surface area contributed by atoms with Gasteiger partial charge in [-0.05, 0) is 39.0 Å². The second-order valence-corrected chi connectivity index (χ2v) is 4.94. The second kappa shape index (κ2) is 4.07. The molecule has 1 aliphatic carbocycles. The van der Waals surface area contributed by atoms with Crippen molar-refractivity contribution >= 4 is 11.7 Å². The maximum absolute atomic E-state index is 11.9. The molecule has 0 bridgehead atoms. The third-order valence-electron chi connectivity index (χ3n) is 3.61. The smallest absolute Gasteiger partial charge is 0.353 e. The summed E-state index contributed by atoms with van der Waals surface area (Å²) >= 11 is 0. The van der Waals surface area contributed by atoms with Gasteiger partial charge in [-0.25, -0.2) is 4.79 Å². The van der Waals surface area contributed by atoms with E-state index in [4.69, 9.17) is 9.57 Å². The molecule has 0 amide bonds. The number of hydrogen-bond acceptors (Lipinski definition) is 4. The molecule has 0 saturated heterocycles. The number of carbonyl (C=O) groups excluding carboxylic acids is 1. The van der Waals surface area contributed by atoms with Crippen molar-refractivity contribution < 1.29 is 14.4 Å². The molecule has 3 atom stereocenters. The first-order valence-corrected chi connectivity index (χ1v) is 6.00. The molecule has 2 rings (SSSR count). The van der Waals surface area contributed by atoms with Crippen LogP contribution in [0, 0.1) is 11.8 Å². The van der Waals surface area contributed by atoms with Crippen LogP contribution in [0.25, 0.3) is 0 Å². The van der Waals surface area contributed by atoms with Gasteiger partial charge >= 0.3 is 5.97 Å². The van der Waals surface area contributed by atoms with Crippen LogP contribution in [0.3, 0.4) is 0 Å². The average Bonchev–Trinajstić information content (AvgIpc) is 2.58. The summed E-state index contributed by atoms with van der Waals surface area (Å²) in [6.45, 7) is 6.19. The summed E-state index contributed by atoms with van der Waals surface area (Å²) in [6.07, 6.45) is 3.04. The topological polar surface area (TPSA) is 47.9 Å². The Morgan fingerprint density at radius 2 is 2.38 bits per heavy atom. The highest BCUT2D eigenvalue weighted by Gasteiger charge is 2.53. The van der Waals surface area contributed by atoms with E-state index in [2.05, 4.69) is 12.1 Å². The van der Waals surface area contributed by atoms with Crippen molar-refractivity contribution in [2.45, 2.75) is 45.6 Å². The largest absolute Gasteiger partial charge is 0.463 e. The number of carbonyl (C=O) groups is 1. The van der Waals surface area contributed by atoms with Gasteiger partial charge in [0.1, 0.15) is 0 Å². The number of nitrogens with zero attached hydrogens (tertiary/aromatic N) is 1. The van der Waals surface area contributed by atoms with E-state index < -0.39 is 5.60 Å². The molecule has 0 aromatic heterocycles. The van der Waals surface area contributed by atoms with E-state index in [0.717, 1.165) is 25.0 Å². The molecule has 0 radical (unpaired) electrons. The zero-order valence-electron chi connectivity index (χ0n) is 10.2. The number of oxime groups is 1. The highest BCUT2D eigenvalue weighted by atomic mass is 16.7. The fourth-order valence-corrected chi connectivity index (χ4v) is 2.58. The molecule has 1 aliphatic heterocycles. The number of hydrogen-bond donors (Lipinski definition) is 0. The van der Waals surface area contributed by atoms with Gasteiger partial charge in [-0.1, -0.05) is 12.1 Å². The maximum atomic E-state index is 11.9. The number of rotatable bonds is 2. The Balaban J connectivity index is 2.13. The first-order chi connectivity index (χ1) is 7.58. The average molecular weight is 225 g/mol. The van der Waals surface area contributed by atoms with Crippen LogP contribution in [0.15, 0.2) is 5.16 Å². The predicted molar refractivity (Wildman–Crippen MR) is 60.1 cm³/mol. The Kier molecular flexibility index (Phi) is 2.91. The number of fused-ring (bicyclic) bond motifs is 1. The Hall–Kier alpha value is -1.06. The lowest BCUT2D eigenvalue weighted by atomic mass is 9.74. The molecule has 0 aromatic carbocycles. The molecule has 90 valence electrons. The van der Waals surface area contributed by atoms with Gasteiger partial charge in [0.05, 0.1) is 18.2 Å². The van der Waals surface area contributed by atoms with Crippen molar-refractivity contribution in [3.63, 3.8) is 0 Å². The lowest BCUT2D eigenvalue weighted by Gasteiger charge is -2.31. The van der Waals surface area contributed by atoms with Gasteiger partial charge in [0, 0.05) is 0 Å². The summed E-state index contributed by atoms with van der Waals surface area (Å²) in [4.78, 5) is 17.2. The van der Waals surface area contributed by atoms with Gasteiger partial charge in [-0.2, -0.15) is 0 Å². The number of esters is 1. The molecule has 16 heavy (non-hydrogen) atoms. The van der Waals surface area contributed by atoms with Gasteiger partial charge in [0.2, 0.25) is 5.60 Å². The zero-order chi connectivity index (χ0) is 11.8. The van der Waals surface area contributed by atoms with Crippen LogP contribution < -0.4 is 0 Å². The number of ether oxygens (including phenoxy) is 1. The van der Waals surface area contributed by atoms with Crippen molar-refractivity contribution in [2.75, 3.05) is 6.61 Å². The lowest BCUT2D eigenvalue weighted by molar-refractivity contribution is -0.171. The van der Waals surface area contributed by atoms with E-state index in [1.54, 1.807) is 13.8 Å². The quantitative estimate of drug-likeness (QED) is 0.676. The molecular formula is C12H19NO3. The van der Waals surface area contributed by atoms with E-state index in [0.29, 0.717) is 12.5 Å². The standard InChI is InChI=1S/C12H19NO3/c1-4-15-11(14)12(3)9-6-5-8(2)7-10(9)13-16-12/h8-9H,4-7H2,1-3H3/t8-,9-,12-/m1/s1. The van der Waals surface area contributed by atoms with Crippen LogP contribution in [0.5, 0.6) is 0 Å². The third kappa shape index (κ3) is 1.70. The molecule has 0 unspecified atom stereocenters. The van der Waals surface area contributed by atoms with Crippen LogP contribution in [0.1, 0.15) is 40.0 Å². The van der Waals surface area contributed by atoms with Gasteiger partial charge in [-0.3, -0.25) is 0 Å². The SMILES string of the molecule is CCOC(=O)[C@]1(C)ON=C2C[C@H](C)CC[C@H]21. The molecule has 0 spiro atoms. The van der Waals surface area contributed by atoms with Crippen molar-refractivity contribution in [1.82, 2.24) is 0 Å². The minimum atomic E-state index is -0.883. The third-order valence-corrected chi connectivity index (χ3v) is 3.61. The maximum Gasteiger partial charge on any atom is 0.353 e. The molecule has 0 aromatic rings. The van der Waals surface area contributed by atoms with Gasteiger partial charge in [0.25, 0.3) is 0 Å². The van der Waals surface area contributed by atoms with Gasteiger partial charge in [0.15, 0.2) is 0 Å². The first-order valence-electron chi connectivity index (χ1n) is 6.00. The molecule has 1 fully saturated rings. The normalized spacial score (nSPS) is 37.3. The Morgan fingerprint density at radius 1 is 1.62 bits per heavy atom. The van der Waals surface area contributed by atoms with Gasteiger partial charge in [-0.15, -0.1) is 0 Å². The molecule has 0 N–H and O–H groups in total. The Bertz CT molecular complexity index is 326. The van der Waals surface area contributed by atoms with E-state index in [-0.39, 0.29) is 11.9 Å². The molecular weight excluding hydrogens is 206 g/mol. The molecule has 2 aliphatic rings. The fraction of sp³-hybridized carbons (Fsp3) is 0.833. The van der Waals surface area contributed by atoms with E-state index in [9.17, 15) is 4.79 Å². The fourth-order valence-electron chi connectivity index (χ4n) is 2.58. The van der Waals surface area contributed by atoms with E-state index in [1.165, 1.54) is 0 Å². The zero-order valence-corrected chi connectivity index (χ0v) is 10.2. The highest BCUT2D eigenvalue weighted by molar-refractivity contribution is 5.96. The minimum absolute atomic E-state index is 0.114. The summed E-state index contributed by atoms with van der Waals surface area (Å²) in [6, 6.07) is 0. The predicted octanol–water partition coefficient (Wildman–Crippen LogP) is 2.13. The summed E-state index contributed by atoms with van der Waals surface area (Å²) < 4.78 is 5.07. The summed E-state index contributed by atoms with van der Waals surface area (Å²) in [5.41, 5.74) is 0.153. The Morgan fingerprint density at radius 3 is 3.06 bits per heavy atom. The van der Waals surface area contributed by atoms with Crippen molar-refractivity contribution in [3.8, 4) is 0 Å². The van der Waals surface area contributed by atoms with Crippen LogP contribution >= 0.6 is 0 Å². The lowest BCUT2D eigenvalue weighted by Crippen LogP contribution is -2.46. The van der Waals surface area contributed by atoms with Crippen molar-refractivity contribution in [1.29, 1.82) is 0 Å². The summed E-state index contributed by atoms with van der Waals surface area (Å²) in [7, 11) is 0. The molecule has 4 nitrogen and oxygen atoms in total. The van der Waals surface area contributed by atoms with Crippen LogP contribution in [0.4, 0.5) is 0 Å². The van der Waals surface area contributed by atoms with Gasteiger partial charge < -0.3 is 9.57 Å². The molecule has 1 saturated carbocycles. The van der Waals surface area contributed by atoms with Crippen LogP contribution in [0.2, 0.25) is 0 Å². The Labute approximate surface area is 96.0 Å². The summed E-state index contributed by atoms with van der Waals surface area (Å²) in [5, 5.41) is 4.08. The van der Waals surface area contributed by atoms with Crippen LogP contribution in [-0.4, -0.2) is 23.9 Å². The van der Waals surface area contributed by atoms with Crippen LogP contribution in [-0.2, 0) is 14.4 Å². The monoisotopic (exact) mass is 225 g/mol. The molecule has 4 heteroatoms. The van der Waals surface area contributed by atoms with Crippen molar-refractivity contribution in [3.05, 3.63) is 0 Å². The first kappa shape index (κ1) is 11.4. The van der Waals surface area contributed by atoms with E-state index >= 15 is 0 Å². The molecule has 1 heterocycles. The second-order valence-electron chi connectivity index (χ2n) is 4.94. The highest BCUT2D eigenvalue weighted by Crippen LogP contribution is 2.40. The van der Waals surface area contributed by atoms with E-state index in [1.807, 2.05) is 0 Å².